The molecular formula is C16H18FN3O3. The lowest BCUT2D eigenvalue weighted by Gasteiger charge is -2.26. The lowest BCUT2D eigenvalue weighted by Crippen LogP contribution is -2.52. The molecule has 2 rings (SSSR count). The van der Waals surface area contributed by atoms with Crippen molar-refractivity contribution in [2.75, 3.05) is 7.11 Å². The van der Waals surface area contributed by atoms with E-state index in [9.17, 15) is 14.0 Å². The van der Waals surface area contributed by atoms with E-state index in [-0.39, 0.29) is 11.3 Å². The molecule has 0 saturated carbocycles. The number of esters is 1. The maximum Gasteiger partial charge on any atom is 0.331 e. The average molecular weight is 319 g/mol. The molecule has 23 heavy (non-hydrogen) atoms. The summed E-state index contributed by atoms with van der Waals surface area (Å²) in [5.41, 5.74) is -0.817. The second kappa shape index (κ2) is 6.60. The van der Waals surface area contributed by atoms with Crippen LogP contribution in [-0.2, 0) is 9.53 Å². The molecule has 0 radical (unpaired) electrons. The van der Waals surface area contributed by atoms with Crippen LogP contribution in [0.5, 0.6) is 0 Å². The molecule has 1 amide bonds. The number of methoxy groups -OCH3 is 1. The monoisotopic (exact) mass is 319 g/mol. The number of rotatable bonds is 5. The third-order valence-electron chi connectivity index (χ3n) is 3.69. The molecule has 0 spiro atoms. The molecule has 1 aromatic heterocycles. The standard InChI is InChI=1S/C16H18FN3O3/c1-4-16(2,15(22)23-3)19-14(21)11-6-7-13(12(17)10-11)20-9-5-8-18-20/h5-10H,4H2,1-3H3,(H,19,21)/t16-/m0/s1. The summed E-state index contributed by atoms with van der Waals surface area (Å²) in [5.74, 6) is -1.69. The summed E-state index contributed by atoms with van der Waals surface area (Å²) in [5, 5.41) is 6.53. The predicted molar refractivity (Wildman–Crippen MR) is 81.7 cm³/mol. The minimum Gasteiger partial charge on any atom is -0.467 e. The molecule has 122 valence electrons. The van der Waals surface area contributed by atoms with Crippen LogP contribution in [0.1, 0.15) is 30.6 Å². The van der Waals surface area contributed by atoms with Gasteiger partial charge in [0.25, 0.3) is 5.91 Å². The van der Waals surface area contributed by atoms with Crippen molar-refractivity contribution in [3.63, 3.8) is 0 Å². The van der Waals surface area contributed by atoms with Crippen molar-refractivity contribution < 1.29 is 18.7 Å². The lowest BCUT2D eigenvalue weighted by molar-refractivity contribution is -0.147. The SMILES string of the molecule is CC[C@](C)(NC(=O)c1ccc(-n2cccn2)c(F)c1)C(=O)OC. The van der Waals surface area contributed by atoms with Gasteiger partial charge >= 0.3 is 5.97 Å². The van der Waals surface area contributed by atoms with Gasteiger partial charge in [-0.25, -0.2) is 13.9 Å². The normalized spacial score (nSPS) is 13.2. The molecule has 1 atom stereocenters. The highest BCUT2D eigenvalue weighted by molar-refractivity contribution is 5.98. The van der Waals surface area contributed by atoms with Gasteiger partial charge in [-0.15, -0.1) is 0 Å². The maximum absolute atomic E-state index is 14.2. The molecule has 2 aromatic rings. The van der Waals surface area contributed by atoms with Crippen molar-refractivity contribution >= 4 is 11.9 Å². The smallest absolute Gasteiger partial charge is 0.331 e. The van der Waals surface area contributed by atoms with Gasteiger partial charge in [-0.1, -0.05) is 6.92 Å². The topological polar surface area (TPSA) is 73.2 Å². The molecule has 0 saturated heterocycles. The number of hydrogen-bond donors (Lipinski definition) is 1. The molecule has 7 heteroatoms. The Labute approximate surface area is 133 Å². The van der Waals surface area contributed by atoms with E-state index in [4.69, 9.17) is 4.74 Å². The van der Waals surface area contributed by atoms with Crippen molar-refractivity contribution in [3.8, 4) is 5.69 Å². The summed E-state index contributed by atoms with van der Waals surface area (Å²) in [6.07, 6.45) is 3.48. The first-order valence-corrected chi connectivity index (χ1v) is 7.11. The summed E-state index contributed by atoms with van der Waals surface area (Å²) in [4.78, 5) is 24.1. The lowest BCUT2D eigenvalue weighted by atomic mass is 9.98. The number of nitrogens with zero attached hydrogens (tertiary/aromatic N) is 2. The van der Waals surface area contributed by atoms with Crippen LogP contribution >= 0.6 is 0 Å². The zero-order valence-electron chi connectivity index (χ0n) is 13.2. The van der Waals surface area contributed by atoms with Gasteiger partial charge in [-0.05, 0) is 37.6 Å². The quantitative estimate of drug-likeness (QED) is 0.856. The molecule has 0 bridgehead atoms. The number of carbonyl (C=O) groups excluding carboxylic acids is 2. The number of aromatic nitrogens is 2. The summed E-state index contributed by atoms with van der Waals surface area (Å²) in [6, 6.07) is 5.71. The van der Waals surface area contributed by atoms with E-state index < -0.39 is 23.2 Å². The molecular weight excluding hydrogens is 301 g/mol. The Balaban J connectivity index is 2.24. The van der Waals surface area contributed by atoms with Crippen LogP contribution < -0.4 is 5.32 Å². The van der Waals surface area contributed by atoms with E-state index in [1.165, 1.54) is 30.1 Å². The molecule has 0 aliphatic heterocycles. The average Bonchev–Trinajstić information content (AvgIpc) is 3.07. The molecule has 0 aliphatic carbocycles. The number of amides is 1. The van der Waals surface area contributed by atoms with Gasteiger partial charge in [-0.3, -0.25) is 4.79 Å². The molecule has 1 aromatic carbocycles. The largest absolute Gasteiger partial charge is 0.467 e. The van der Waals surface area contributed by atoms with E-state index in [1.807, 2.05) is 0 Å². The molecule has 0 unspecified atom stereocenters. The highest BCUT2D eigenvalue weighted by Gasteiger charge is 2.34. The Bertz CT molecular complexity index is 715. The Morgan fingerprint density at radius 1 is 1.43 bits per heavy atom. The Kier molecular flexibility index (Phi) is 4.78. The van der Waals surface area contributed by atoms with Crippen LogP contribution in [0, 0.1) is 5.82 Å². The fourth-order valence-corrected chi connectivity index (χ4v) is 2.08. The number of halogens is 1. The third-order valence-corrected chi connectivity index (χ3v) is 3.69. The van der Waals surface area contributed by atoms with Crippen LogP contribution in [0.2, 0.25) is 0 Å². The van der Waals surface area contributed by atoms with Gasteiger partial charge in [0.05, 0.1) is 7.11 Å². The fraction of sp³-hybridized carbons (Fsp3) is 0.312. The second-order valence-corrected chi connectivity index (χ2v) is 5.25. The predicted octanol–water partition coefficient (Wildman–Crippen LogP) is 2.08. The van der Waals surface area contributed by atoms with Gasteiger partial charge in [0.15, 0.2) is 0 Å². The Morgan fingerprint density at radius 2 is 2.17 bits per heavy atom. The van der Waals surface area contributed by atoms with E-state index >= 15 is 0 Å². The van der Waals surface area contributed by atoms with Crippen LogP contribution in [0.25, 0.3) is 5.69 Å². The van der Waals surface area contributed by atoms with Crippen molar-refractivity contribution in [2.24, 2.45) is 0 Å². The van der Waals surface area contributed by atoms with Crippen LogP contribution in [0.15, 0.2) is 36.7 Å². The van der Waals surface area contributed by atoms with Gasteiger partial charge in [0.1, 0.15) is 17.0 Å². The summed E-state index contributed by atoms with van der Waals surface area (Å²) < 4.78 is 20.2. The van der Waals surface area contributed by atoms with Crippen molar-refractivity contribution in [3.05, 3.63) is 48.0 Å². The van der Waals surface area contributed by atoms with E-state index in [1.54, 1.807) is 26.1 Å². The molecule has 1 heterocycles. The van der Waals surface area contributed by atoms with E-state index in [0.29, 0.717) is 6.42 Å². The van der Waals surface area contributed by atoms with Gasteiger partial charge in [0, 0.05) is 18.0 Å². The van der Waals surface area contributed by atoms with Gasteiger partial charge in [0.2, 0.25) is 0 Å². The Hall–Kier alpha value is -2.70. The summed E-state index contributed by atoms with van der Waals surface area (Å²) >= 11 is 0. The second-order valence-electron chi connectivity index (χ2n) is 5.25. The third kappa shape index (κ3) is 3.39. The van der Waals surface area contributed by atoms with Gasteiger partial charge in [-0.2, -0.15) is 5.10 Å². The maximum atomic E-state index is 14.2. The van der Waals surface area contributed by atoms with Crippen LogP contribution in [-0.4, -0.2) is 34.3 Å². The summed E-state index contributed by atoms with van der Waals surface area (Å²) in [6.45, 7) is 3.31. The van der Waals surface area contributed by atoms with Gasteiger partial charge < -0.3 is 10.1 Å². The highest BCUT2D eigenvalue weighted by atomic mass is 19.1. The van der Waals surface area contributed by atoms with Crippen LogP contribution in [0.3, 0.4) is 0 Å². The number of nitrogens with one attached hydrogen (secondary N) is 1. The van der Waals surface area contributed by atoms with Crippen molar-refractivity contribution in [1.82, 2.24) is 15.1 Å². The first-order valence-electron chi connectivity index (χ1n) is 7.11. The summed E-state index contributed by atoms with van der Waals surface area (Å²) in [7, 11) is 1.25. The first kappa shape index (κ1) is 16.7. The van der Waals surface area contributed by atoms with E-state index in [0.717, 1.165) is 6.07 Å². The number of benzene rings is 1. The zero-order chi connectivity index (χ0) is 17.0. The zero-order valence-corrected chi connectivity index (χ0v) is 13.2. The number of hydrogen-bond acceptors (Lipinski definition) is 4. The van der Waals surface area contributed by atoms with Crippen molar-refractivity contribution in [1.29, 1.82) is 0 Å². The minimum atomic E-state index is -1.16. The van der Waals surface area contributed by atoms with Crippen LogP contribution in [0.4, 0.5) is 4.39 Å². The van der Waals surface area contributed by atoms with Crippen molar-refractivity contribution in [2.45, 2.75) is 25.8 Å². The fourth-order valence-electron chi connectivity index (χ4n) is 2.08. The molecule has 1 N–H and O–H groups in total. The molecule has 6 nitrogen and oxygen atoms in total. The number of carbonyl (C=O) groups is 2. The Morgan fingerprint density at radius 3 is 2.70 bits per heavy atom. The minimum absolute atomic E-state index is 0.113. The highest BCUT2D eigenvalue weighted by Crippen LogP contribution is 2.17. The molecule has 0 fully saturated rings. The number of ether oxygens (including phenoxy) is 1. The molecule has 0 aliphatic rings. The first-order chi connectivity index (χ1) is 10.9. The van der Waals surface area contributed by atoms with E-state index in [2.05, 4.69) is 10.4 Å².